The van der Waals surface area contributed by atoms with Gasteiger partial charge in [0.25, 0.3) is 0 Å². The maximum absolute atomic E-state index is 8.98. The van der Waals surface area contributed by atoms with E-state index in [2.05, 4.69) is 17.9 Å². The van der Waals surface area contributed by atoms with Crippen molar-refractivity contribution in [3.05, 3.63) is 29.3 Å². The van der Waals surface area contributed by atoms with Gasteiger partial charge in [0, 0.05) is 19.1 Å². The van der Waals surface area contributed by atoms with E-state index in [1.165, 1.54) is 12.0 Å². The van der Waals surface area contributed by atoms with E-state index in [1.807, 2.05) is 18.2 Å². The average molecular weight is 259 g/mol. The Balaban J connectivity index is 2.10. The van der Waals surface area contributed by atoms with E-state index in [-0.39, 0.29) is 0 Å². The molecule has 1 aromatic rings. The predicted molar refractivity (Wildman–Crippen MR) is 74.7 cm³/mol. The monoisotopic (exact) mass is 259 g/mol. The first-order valence-electron chi connectivity index (χ1n) is 6.69. The number of likely N-dealkylation sites (tertiary alicyclic amines) is 1. The number of hydrogen-bond acceptors (Lipinski definition) is 4. The molecule has 2 atom stereocenters. The highest BCUT2D eigenvalue weighted by Crippen LogP contribution is 2.26. The summed E-state index contributed by atoms with van der Waals surface area (Å²) in [6.45, 7) is 4.95. The highest BCUT2D eigenvalue weighted by molar-refractivity contribution is 5.45. The Morgan fingerprint density at radius 1 is 1.53 bits per heavy atom. The van der Waals surface area contributed by atoms with E-state index < -0.39 is 0 Å². The second-order valence-electron chi connectivity index (χ2n) is 5.26. The molecule has 0 saturated carbocycles. The fraction of sp³-hybridized carbons (Fsp3) is 0.533. The number of nitriles is 1. The molecule has 1 aliphatic rings. The number of methoxy groups -OCH3 is 1. The highest BCUT2D eigenvalue weighted by atomic mass is 16.5. The fourth-order valence-electron chi connectivity index (χ4n) is 2.77. The second kappa shape index (κ2) is 6.05. The minimum atomic E-state index is 0.565. The largest absolute Gasteiger partial charge is 0.495 e. The normalized spacial score (nSPS) is 23.3. The lowest BCUT2D eigenvalue weighted by Gasteiger charge is -2.21. The summed E-state index contributed by atoms with van der Waals surface area (Å²) in [5, 5.41) is 8.98. The first-order chi connectivity index (χ1) is 9.17. The Hall–Kier alpha value is -1.57. The van der Waals surface area contributed by atoms with Crippen molar-refractivity contribution in [3.8, 4) is 11.8 Å². The highest BCUT2D eigenvalue weighted by Gasteiger charge is 2.27. The van der Waals surface area contributed by atoms with Gasteiger partial charge in [-0.1, -0.05) is 6.07 Å². The molecule has 2 unspecified atom stereocenters. The summed E-state index contributed by atoms with van der Waals surface area (Å²) in [6.07, 6.45) is 1.17. The lowest BCUT2D eigenvalue weighted by atomic mass is 10.1. The Labute approximate surface area is 114 Å². The number of nitrogens with two attached hydrogens (primary N) is 1. The number of rotatable bonds is 4. The smallest absolute Gasteiger partial charge is 0.136 e. The third kappa shape index (κ3) is 3.06. The van der Waals surface area contributed by atoms with Crippen molar-refractivity contribution < 1.29 is 4.74 Å². The van der Waals surface area contributed by atoms with Crippen LogP contribution >= 0.6 is 0 Å². The van der Waals surface area contributed by atoms with E-state index in [1.54, 1.807) is 7.11 Å². The molecular formula is C15H21N3O. The molecule has 2 rings (SSSR count). The van der Waals surface area contributed by atoms with Crippen LogP contribution in [0.1, 0.15) is 24.5 Å². The molecule has 2 N–H and O–H groups in total. The van der Waals surface area contributed by atoms with Gasteiger partial charge >= 0.3 is 0 Å². The van der Waals surface area contributed by atoms with Gasteiger partial charge in [-0.2, -0.15) is 5.26 Å². The molecule has 0 bridgehead atoms. The Bertz CT molecular complexity index is 481. The van der Waals surface area contributed by atoms with Crippen LogP contribution in [-0.2, 0) is 6.54 Å². The second-order valence-corrected chi connectivity index (χ2v) is 5.26. The summed E-state index contributed by atoms with van der Waals surface area (Å²) in [5.41, 5.74) is 7.52. The van der Waals surface area contributed by atoms with Gasteiger partial charge < -0.3 is 10.5 Å². The number of hydrogen-bond donors (Lipinski definition) is 1. The van der Waals surface area contributed by atoms with Crippen LogP contribution in [0.15, 0.2) is 18.2 Å². The molecule has 1 heterocycles. The molecular weight excluding hydrogens is 238 g/mol. The number of nitrogens with zero attached hydrogens (tertiary/aromatic N) is 2. The van der Waals surface area contributed by atoms with E-state index in [9.17, 15) is 0 Å². The zero-order valence-electron chi connectivity index (χ0n) is 11.6. The molecule has 4 heteroatoms. The SMILES string of the molecule is COc1cc(CN2CC(CN)CC2C)ccc1C#N. The van der Waals surface area contributed by atoms with Crippen LogP contribution in [-0.4, -0.2) is 31.1 Å². The van der Waals surface area contributed by atoms with Gasteiger partial charge in [-0.05, 0) is 43.5 Å². The molecule has 19 heavy (non-hydrogen) atoms. The lowest BCUT2D eigenvalue weighted by Crippen LogP contribution is -2.27. The lowest BCUT2D eigenvalue weighted by molar-refractivity contribution is 0.255. The number of benzene rings is 1. The Morgan fingerprint density at radius 3 is 2.89 bits per heavy atom. The molecule has 1 fully saturated rings. The maximum atomic E-state index is 8.98. The summed E-state index contributed by atoms with van der Waals surface area (Å²) < 4.78 is 5.25. The Morgan fingerprint density at radius 2 is 2.32 bits per heavy atom. The van der Waals surface area contributed by atoms with Crippen molar-refractivity contribution in [1.29, 1.82) is 5.26 Å². The topological polar surface area (TPSA) is 62.3 Å². The summed E-state index contributed by atoms with van der Waals surface area (Å²) >= 11 is 0. The molecule has 4 nitrogen and oxygen atoms in total. The minimum Gasteiger partial charge on any atom is -0.495 e. The van der Waals surface area contributed by atoms with Crippen molar-refractivity contribution >= 4 is 0 Å². The van der Waals surface area contributed by atoms with Gasteiger partial charge in [0.15, 0.2) is 0 Å². The van der Waals surface area contributed by atoms with Crippen molar-refractivity contribution in [2.45, 2.75) is 25.9 Å². The van der Waals surface area contributed by atoms with Crippen LogP contribution in [0, 0.1) is 17.2 Å². The van der Waals surface area contributed by atoms with Crippen LogP contribution in [0.5, 0.6) is 5.75 Å². The van der Waals surface area contributed by atoms with Crippen LogP contribution in [0.25, 0.3) is 0 Å². The maximum Gasteiger partial charge on any atom is 0.136 e. The van der Waals surface area contributed by atoms with Crippen LogP contribution < -0.4 is 10.5 Å². The van der Waals surface area contributed by atoms with Crippen molar-refractivity contribution in [3.63, 3.8) is 0 Å². The van der Waals surface area contributed by atoms with Crippen molar-refractivity contribution in [2.75, 3.05) is 20.2 Å². The van der Waals surface area contributed by atoms with Gasteiger partial charge in [0.05, 0.1) is 12.7 Å². The van der Waals surface area contributed by atoms with Crippen molar-refractivity contribution in [1.82, 2.24) is 4.90 Å². The Kier molecular flexibility index (Phi) is 4.41. The molecule has 1 aromatic carbocycles. The van der Waals surface area contributed by atoms with E-state index in [4.69, 9.17) is 15.7 Å². The van der Waals surface area contributed by atoms with E-state index in [0.29, 0.717) is 23.3 Å². The van der Waals surface area contributed by atoms with Gasteiger partial charge in [-0.3, -0.25) is 4.90 Å². The molecule has 0 radical (unpaired) electrons. The number of ether oxygens (including phenoxy) is 1. The summed E-state index contributed by atoms with van der Waals surface area (Å²) in [7, 11) is 1.60. The summed E-state index contributed by atoms with van der Waals surface area (Å²) in [6, 6.07) is 8.49. The van der Waals surface area contributed by atoms with Gasteiger partial charge in [0.2, 0.25) is 0 Å². The zero-order valence-corrected chi connectivity index (χ0v) is 11.6. The first-order valence-corrected chi connectivity index (χ1v) is 6.69. The average Bonchev–Trinajstić information content (AvgIpc) is 2.79. The van der Waals surface area contributed by atoms with E-state index in [0.717, 1.165) is 19.6 Å². The molecule has 1 saturated heterocycles. The van der Waals surface area contributed by atoms with Crippen LogP contribution in [0.2, 0.25) is 0 Å². The minimum absolute atomic E-state index is 0.565. The molecule has 0 spiro atoms. The third-order valence-electron chi connectivity index (χ3n) is 3.90. The molecule has 0 aromatic heterocycles. The molecule has 0 aliphatic carbocycles. The molecule has 1 aliphatic heterocycles. The van der Waals surface area contributed by atoms with Gasteiger partial charge in [-0.15, -0.1) is 0 Å². The van der Waals surface area contributed by atoms with Crippen LogP contribution in [0.4, 0.5) is 0 Å². The van der Waals surface area contributed by atoms with Gasteiger partial charge in [0.1, 0.15) is 11.8 Å². The quantitative estimate of drug-likeness (QED) is 0.894. The van der Waals surface area contributed by atoms with Crippen LogP contribution in [0.3, 0.4) is 0 Å². The predicted octanol–water partition coefficient (Wildman–Crippen LogP) is 1.74. The third-order valence-corrected chi connectivity index (χ3v) is 3.90. The van der Waals surface area contributed by atoms with Crippen molar-refractivity contribution in [2.24, 2.45) is 11.7 Å². The van der Waals surface area contributed by atoms with E-state index >= 15 is 0 Å². The summed E-state index contributed by atoms with van der Waals surface area (Å²) in [4.78, 5) is 2.44. The fourth-order valence-corrected chi connectivity index (χ4v) is 2.77. The first kappa shape index (κ1) is 13.9. The summed E-state index contributed by atoms with van der Waals surface area (Å²) in [5.74, 6) is 1.26. The molecule has 0 amide bonds. The van der Waals surface area contributed by atoms with Gasteiger partial charge in [-0.25, -0.2) is 0 Å². The molecule has 102 valence electrons. The standard InChI is InChI=1S/C15H21N3O/c1-11-5-13(7-16)10-18(11)9-12-3-4-14(8-17)15(6-12)19-2/h3-4,6,11,13H,5,7,9-10,16H2,1-2H3. The zero-order chi connectivity index (χ0) is 13.8.